The summed E-state index contributed by atoms with van der Waals surface area (Å²) in [7, 11) is 3.69. The van der Waals surface area contributed by atoms with Gasteiger partial charge in [0.25, 0.3) is 0 Å². The van der Waals surface area contributed by atoms with Gasteiger partial charge in [0.05, 0.1) is 18.3 Å². The number of aryl methyl sites for hydroxylation is 2. The molecule has 108 valence electrons. The van der Waals surface area contributed by atoms with E-state index in [1.165, 1.54) is 4.88 Å². The quantitative estimate of drug-likeness (QED) is 0.920. The molecule has 0 spiro atoms. The van der Waals surface area contributed by atoms with Crippen molar-refractivity contribution in [1.29, 1.82) is 0 Å². The van der Waals surface area contributed by atoms with E-state index in [0.29, 0.717) is 0 Å². The van der Waals surface area contributed by atoms with Crippen LogP contribution in [0.1, 0.15) is 33.4 Å². The van der Waals surface area contributed by atoms with Gasteiger partial charge in [0.1, 0.15) is 5.75 Å². The standard InChI is InChI=1S/C15H21N3OS/c1-9-7-17-12(10(2)14(9)19-5)6-13(16-4)15-11(3)18-8-20-15/h7-8,13,16H,6H2,1-5H3. The first-order valence-electron chi connectivity index (χ1n) is 6.64. The molecule has 0 aromatic carbocycles. The zero-order valence-electron chi connectivity index (χ0n) is 12.7. The first kappa shape index (κ1) is 14.9. The fraction of sp³-hybridized carbons (Fsp3) is 0.467. The number of rotatable bonds is 5. The Morgan fingerprint density at radius 1 is 1.30 bits per heavy atom. The highest BCUT2D eigenvalue weighted by molar-refractivity contribution is 7.09. The predicted octanol–water partition coefficient (Wildman–Crippen LogP) is 2.98. The third-order valence-corrected chi connectivity index (χ3v) is 4.64. The van der Waals surface area contributed by atoms with E-state index in [2.05, 4.69) is 22.2 Å². The molecule has 2 heterocycles. The summed E-state index contributed by atoms with van der Waals surface area (Å²) >= 11 is 1.69. The van der Waals surface area contributed by atoms with Gasteiger partial charge in [0, 0.05) is 40.4 Å². The zero-order valence-corrected chi connectivity index (χ0v) is 13.5. The van der Waals surface area contributed by atoms with Crippen LogP contribution in [0.15, 0.2) is 11.7 Å². The lowest BCUT2D eigenvalue weighted by molar-refractivity contribution is 0.406. The summed E-state index contributed by atoms with van der Waals surface area (Å²) in [4.78, 5) is 10.2. The van der Waals surface area contributed by atoms with Crippen LogP contribution >= 0.6 is 11.3 Å². The summed E-state index contributed by atoms with van der Waals surface area (Å²) < 4.78 is 5.48. The van der Waals surface area contributed by atoms with Crippen molar-refractivity contribution in [2.24, 2.45) is 0 Å². The normalized spacial score (nSPS) is 12.4. The number of hydrogen-bond donors (Lipinski definition) is 1. The van der Waals surface area contributed by atoms with Crippen molar-refractivity contribution in [3.8, 4) is 5.75 Å². The molecule has 2 aromatic heterocycles. The number of nitrogens with zero attached hydrogens (tertiary/aromatic N) is 2. The number of aromatic nitrogens is 2. The summed E-state index contributed by atoms with van der Waals surface area (Å²) in [6.45, 7) is 6.14. The van der Waals surface area contributed by atoms with Crippen LogP contribution in [0.25, 0.3) is 0 Å². The van der Waals surface area contributed by atoms with Crippen molar-refractivity contribution < 1.29 is 4.74 Å². The average Bonchev–Trinajstić information content (AvgIpc) is 2.85. The molecule has 1 atom stereocenters. The SMILES string of the molecule is CNC(Cc1ncc(C)c(OC)c1C)c1scnc1C. The van der Waals surface area contributed by atoms with Crippen LogP contribution in [0.5, 0.6) is 5.75 Å². The van der Waals surface area contributed by atoms with Gasteiger partial charge in [-0.2, -0.15) is 0 Å². The van der Waals surface area contributed by atoms with Crippen LogP contribution in [-0.2, 0) is 6.42 Å². The second kappa shape index (κ2) is 6.33. The van der Waals surface area contributed by atoms with Crippen molar-refractivity contribution in [3.63, 3.8) is 0 Å². The lowest BCUT2D eigenvalue weighted by Gasteiger charge is -2.18. The lowest BCUT2D eigenvalue weighted by Crippen LogP contribution is -2.20. The van der Waals surface area contributed by atoms with Gasteiger partial charge in [-0.3, -0.25) is 4.98 Å². The summed E-state index contributed by atoms with van der Waals surface area (Å²) in [6, 6.07) is 0.237. The molecule has 0 bridgehead atoms. The maximum absolute atomic E-state index is 5.48. The number of hydrogen-bond acceptors (Lipinski definition) is 5. The molecule has 0 fully saturated rings. The van der Waals surface area contributed by atoms with Crippen molar-refractivity contribution in [2.75, 3.05) is 14.2 Å². The van der Waals surface area contributed by atoms with Crippen LogP contribution in [0.4, 0.5) is 0 Å². The first-order chi connectivity index (χ1) is 9.58. The Balaban J connectivity index is 2.31. The Kier molecular flexibility index (Phi) is 4.73. The van der Waals surface area contributed by atoms with E-state index in [1.807, 2.05) is 32.6 Å². The Hall–Kier alpha value is -1.46. The molecular formula is C15H21N3OS. The number of ether oxygens (including phenoxy) is 1. The minimum Gasteiger partial charge on any atom is -0.496 e. The smallest absolute Gasteiger partial charge is 0.128 e. The molecule has 0 saturated heterocycles. The monoisotopic (exact) mass is 291 g/mol. The molecule has 5 heteroatoms. The predicted molar refractivity (Wildman–Crippen MR) is 82.6 cm³/mol. The van der Waals surface area contributed by atoms with Crippen LogP contribution in [0, 0.1) is 20.8 Å². The largest absolute Gasteiger partial charge is 0.496 e. The topological polar surface area (TPSA) is 47.0 Å². The molecule has 2 rings (SSSR count). The molecule has 0 aliphatic rings. The van der Waals surface area contributed by atoms with Gasteiger partial charge in [-0.15, -0.1) is 11.3 Å². The molecule has 4 nitrogen and oxygen atoms in total. The van der Waals surface area contributed by atoms with Gasteiger partial charge in [-0.1, -0.05) is 0 Å². The van der Waals surface area contributed by atoms with Crippen molar-refractivity contribution in [1.82, 2.24) is 15.3 Å². The lowest BCUT2D eigenvalue weighted by atomic mass is 10.0. The molecule has 1 N–H and O–H groups in total. The maximum atomic E-state index is 5.48. The first-order valence-corrected chi connectivity index (χ1v) is 7.52. The highest BCUT2D eigenvalue weighted by Crippen LogP contribution is 2.29. The van der Waals surface area contributed by atoms with Crippen LogP contribution in [-0.4, -0.2) is 24.1 Å². The fourth-order valence-corrected chi connectivity index (χ4v) is 3.35. The van der Waals surface area contributed by atoms with E-state index >= 15 is 0 Å². The zero-order chi connectivity index (χ0) is 14.7. The fourth-order valence-electron chi connectivity index (χ4n) is 2.44. The van der Waals surface area contributed by atoms with Crippen LogP contribution < -0.4 is 10.1 Å². The summed E-state index contributed by atoms with van der Waals surface area (Å²) in [5.74, 6) is 0.936. The van der Waals surface area contributed by atoms with E-state index < -0.39 is 0 Å². The maximum Gasteiger partial charge on any atom is 0.128 e. The van der Waals surface area contributed by atoms with Gasteiger partial charge in [-0.25, -0.2) is 4.98 Å². The Morgan fingerprint density at radius 3 is 2.60 bits per heavy atom. The Labute approximate surface area is 124 Å². The van der Waals surface area contributed by atoms with Crippen molar-refractivity contribution in [3.05, 3.63) is 39.1 Å². The summed E-state index contributed by atoms with van der Waals surface area (Å²) in [5, 5.41) is 3.36. The summed E-state index contributed by atoms with van der Waals surface area (Å²) in [5.41, 5.74) is 6.25. The molecule has 2 aromatic rings. The number of thiazole rings is 1. The van der Waals surface area contributed by atoms with Gasteiger partial charge in [0.2, 0.25) is 0 Å². The minimum atomic E-state index is 0.237. The van der Waals surface area contributed by atoms with E-state index in [-0.39, 0.29) is 6.04 Å². The Morgan fingerprint density at radius 2 is 2.05 bits per heavy atom. The third-order valence-electron chi connectivity index (χ3n) is 3.59. The van der Waals surface area contributed by atoms with Gasteiger partial charge in [0.15, 0.2) is 0 Å². The number of methoxy groups -OCH3 is 1. The van der Waals surface area contributed by atoms with Gasteiger partial charge >= 0.3 is 0 Å². The molecule has 0 aliphatic heterocycles. The molecule has 0 amide bonds. The van der Waals surface area contributed by atoms with Gasteiger partial charge in [-0.05, 0) is 27.8 Å². The van der Waals surface area contributed by atoms with Crippen LogP contribution in [0.3, 0.4) is 0 Å². The highest BCUT2D eigenvalue weighted by atomic mass is 32.1. The average molecular weight is 291 g/mol. The van der Waals surface area contributed by atoms with E-state index in [4.69, 9.17) is 4.74 Å². The van der Waals surface area contributed by atoms with Crippen molar-refractivity contribution >= 4 is 11.3 Å². The molecule has 1 unspecified atom stereocenters. The minimum absolute atomic E-state index is 0.237. The van der Waals surface area contributed by atoms with E-state index in [0.717, 1.165) is 34.7 Å². The Bertz CT molecular complexity index is 595. The number of pyridine rings is 1. The molecule has 0 saturated carbocycles. The van der Waals surface area contributed by atoms with E-state index in [1.54, 1.807) is 18.4 Å². The number of likely N-dealkylation sites (N-methyl/N-ethyl adjacent to an activating group) is 1. The number of nitrogens with one attached hydrogen (secondary N) is 1. The summed E-state index contributed by atoms with van der Waals surface area (Å²) in [6.07, 6.45) is 2.72. The molecule has 0 aliphatic carbocycles. The molecule has 20 heavy (non-hydrogen) atoms. The van der Waals surface area contributed by atoms with Gasteiger partial charge < -0.3 is 10.1 Å². The third kappa shape index (κ3) is 2.83. The van der Waals surface area contributed by atoms with Crippen molar-refractivity contribution in [2.45, 2.75) is 33.2 Å². The second-order valence-corrected chi connectivity index (χ2v) is 5.78. The molecule has 0 radical (unpaired) electrons. The highest BCUT2D eigenvalue weighted by Gasteiger charge is 2.18. The molecular weight excluding hydrogens is 270 g/mol. The van der Waals surface area contributed by atoms with E-state index in [9.17, 15) is 0 Å². The second-order valence-electron chi connectivity index (χ2n) is 4.89. The van der Waals surface area contributed by atoms with Crippen LogP contribution in [0.2, 0.25) is 0 Å².